The van der Waals surface area contributed by atoms with Gasteiger partial charge in [0, 0.05) is 23.4 Å². The molecule has 2 aromatic rings. The number of amides is 1. The van der Waals surface area contributed by atoms with Gasteiger partial charge in [0.15, 0.2) is 0 Å². The van der Waals surface area contributed by atoms with Crippen LogP contribution in [0.15, 0.2) is 41.7 Å². The van der Waals surface area contributed by atoms with E-state index in [0.29, 0.717) is 11.6 Å². The number of H-pyrrole nitrogens is 1. The van der Waals surface area contributed by atoms with Crippen LogP contribution in [0.3, 0.4) is 0 Å². The fourth-order valence-corrected chi connectivity index (χ4v) is 1.78. The lowest BCUT2D eigenvalue weighted by Crippen LogP contribution is -2.14. The van der Waals surface area contributed by atoms with E-state index in [0.717, 1.165) is 4.90 Å². The summed E-state index contributed by atoms with van der Waals surface area (Å²) in [6, 6.07) is 5.44. The minimum atomic E-state index is -0.0638. The van der Waals surface area contributed by atoms with Crippen molar-refractivity contribution in [2.75, 3.05) is 11.1 Å². The molecule has 82 valence electrons. The Kier molecular flexibility index (Phi) is 3.55. The van der Waals surface area contributed by atoms with E-state index in [4.69, 9.17) is 0 Å². The number of aromatic nitrogens is 3. The highest BCUT2D eigenvalue weighted by Gasteiger charge is 2.03. The zero-order valence-electron chi connectivity index (χ0n) is 8.38. The lowest BCUT2D eigenvalue weighted by molar-refractivity contribution is -0.113. The van der Waals surface area contributed by atoms with Crippen LogP contribution in [0.25, 0.3) is 0 Å². The van der Waals surface area contributed by atoms with Crippen LogP contribution in [0.5, 0.6) is 0 Å². The highest BCUT2D eigenvalue weighted by Crippen LogP contribution is 2.16. The van der Waals surface area contributed by atoms with Crippen molar-refractivity contribution < 1.29 is 4.79 Å². The Hall–Kier alpha value is -1.82. The van der Waals surface area contributed by atoms with Crippen LogP contribution in [0.2, 0.25) is 0 Å². The van der Waals surface area contributed by atoms with Gasteiger partial charge in [-0.1, -0.05) is 0 Å². The maximum Gasteiger partial charge on any atom is 0.235 e. The number of carbonyl (C=O) groups is 1. The molecule has 16 heavy (non-hydrogen) atoms. The van der Waals surface area contributed by atoms with Crippen LogP contribution >= 0.6 is 11.8 Å². The summed E-state index contributed by atoms with van der Waals surface area (Å²) >= 11 is 1.46. The summed E-state index contributed by atoms with van der Waals surface area (Å²) in [7, 11) is 0. The number of hydrogen-bond acceptors (Lipinski definition) is 4. The number of hydrogen-bond donors (Lipinski definition) is 2. The van der Waals surface area contributed by atoms with Crippen LogP contribution < -0.4 is 5.32 Å². The molecule has 0 aliphatic heterocycles. The third kappa shape index (κ3) is 3.09. The molecule has 1 amide bonds. The lowest BCUT2D eigenvalue weighted by Gasteiger charge is -2.01. The number of aromatic amines is 1. The predicted octanol–water partition coefficient (Wildman–Crippen LogP) is 1.54. The Labute approximate surface area is 96.7 Å². The van der Waals surface area contributed by atoms with Gasteiger partial charge in [0.05, 0.1) is 11.9 Å². The molecular formula is C10H10N4OS. The molecule has 0 spiro atoms. The molecule has 0 saturated carbocycles. The minimum absolute atomic E-state index is 0.0638. The average molecular weight is 234 g/mol. The summed E-state index contributed by atoms with van der Waals surface area (Å²) in [6.45, 7) is 0. The molecule has 2 aromatic heterocycles. The monoisotopic (exact) mass is 234 g/mol. The van der Waals surface area contributed by atoms with Gasteiger partial charge in [0.1, 0.15) is 5.82 Å². The summed E-state index contributed by atoms with van der Waals surface area (Å²) in [5, 5.41) is 9.10. The van der Waals surface area contributed by atoms with E-state index in [2.05, 4.69) is 20.5 Å². The molecule has 6 heteroatoms. The SMILES string of the molecule is O=C(CSc1ccncc1)Nc1ccn[nH]1. The number of anilines is 1. The van der Waals surface area contributed by atoms with Crippen molar-refractivity contribution in [2.24, 2.45) is 0 Å². The first-order valence-electron chi connectivity index (χ1n) is 4.66. The highest BCUT2D eigenvalue weighted by molar-refractivity contribution is 8.00. The predicted molar refractivity (Wildman–Crippen MR) is 62.2 cm³/mol. The molecule has 2 N–H and O–H groups in total. The van der Waals surface area contributed by atoms with Crippen LogP contribution in [-0.4, -0.2) is 26.8 Å². The van der Waals surface area contributed by atoms with Gasteiger partial charge in [0.25, 0.3) is 0 Å². The number of nitrogens with zero attached hydrogens (tertiary/aromatic N) is 2. The third-order valence-electron chi connectivity index (χ3n) is 1.79. The smallest absolute Gasteiger partial charge is 0.235 e. The molecule has 0 bridgehead atoms. The van der Waals surface area contributed by atoms with Crippen molar-refractivity contribution >= 4 is 23.5 Å². The molecule has 0 fully saturated rings. The maximum absolute atomic E-state index is 11.5. The summed E-state index contributed by atoms with van der Waals surface area (Å²) in [5.41, 5.74) is 0. The van der Waals surface area contributed by atoms with Crippen molar-refractivity contribution in [1.82, 2.24) is 15.2 Å². The van der Waals surface area contributed by atoms with Gasteiger partial charge in [-0.25, -0.2) is 0 Å². The second-order valence-electron chi connectivity index (χ2n) is 2.99. The van der Waals surface area contributed by atoms with Crippen molar-refractivity contribution in [1.29, 1.82) is 0 Å². The molecule has 0 aromatic carbocycles. The van der Waals surface area contributed by atoms with Crippen molar-refractivity contribution in [3.63, 3.8) is 0 Å². The van der Waals surface area contributed by atoms with E-state index in [1.165, 1.54) is 11.8 Å². The number of pyridine rings is 1. The minimum Gasteiger partial charge on any atom is -0.310 e. The Balaban J connectivity index is 1.80. The molecule has 0 unspecified atom stereocenters. The summed E-state index contributed by atoms with van der Waals surface area (Å²) in [4.78, 5) is 16.4. The van der Waals surface area contributed by atoms with Crippen molar-refractivity contribution in [3.8, 4) is 0 Å². The second-order valence-corrected chi connectivity index (χ2v) is 4.04. The number of nitrogens with one attached hydrogen (secondary N) is 2. The van der Waals surface area contributed by atoms with E-state index in [9.17, 15) is 4.79 Å². The molecule has 2 heterocycles. The first kappa shape index (κ1) is 10.7. The largest absolute Gasteiger partial charge is 0.310 e. The Morgan fingerprint density at radius 2 is 2.12 bits per heavy atom. The van der Waals surface area contributed by atoms with E-state index in [1.54, 1.807) is 24.7 Å². The topological polar surface area (TPSA) is 70.7 Å². The van der Waals surface area contributed by atoms with Gasteiger partial charge < -0.3 is 5.32 Å². The van der Waals surface area contributed by atoms with Gasteiger partial charge in [-0.3, -0.25) is 14.9 Å². The van der Waals surface area contributed by atoms with Crippen LogP contribution in [0.4, 0.5) is 5.82 Å². The van der Waals surface area contributed by atoms with E-state index < -0.39 is 0 Å². The Morgan fingerprint density at radius 1 is 1.31 bits per heavy atom. The Morgan fingerprint density at radius 3 is 2.81 bits per heavy atom. The van der Waals surface area contributed by atoms with E-state index in [1.807, 2.05) is 12.1 Å². The zero-order chi connectivity index (χ0) is 11.2. The quantitative estimate of drug-likeness (QED) is 0.787. The number of thioether (sulfide) groups is 1. The van der Waals surface area contributed by atoms with E-state index >= 15 is 0 Å². The number of rotatable bonds is 4. The maximum atomic E-state index is 11.5. The molecule has 0 saturated heterocycles. The van der Waals surface area contributed by atoms with Gasteiger partial charge in [0.2, 0.25) is 5.91 Å². The van der Waals surface area contributed by atoms with Gasteiger partial charge in [-0.2, -0.15) is 5.10 Å². The van der Waals surface area contributed by atoms with Crippen LogP contribution in [0, 0.1) is 0 Å². The first-order chi connectivity index (χ1) is 7.84. The zero-order valence-corrected chi connectivity index (χ0v) is 9.20. The van der Waals surface area contributed by atoms with Crippen molar-refractivity contribution in [3.05, 3.63) is 36.8 Å². The second kappa shape index (κ2) is 5.32. The summed E-state index contributed by atoms with van der Waals surface area (Å²) in [6.07, 6.45) is 5.00. The molecule has 0 aliphatic carbocycles. The molecule has 2 rings (SSSR count). The standard InChI is InChI=1S/C10H10N4OS/c15-10(13-9-3-6-12-14-9)7-16-8-1-4-11-5-2-8/h1-6H,7H2,(H2,12,13,14,15). The molecule has 0 radical (unpaired) electrons. The van der Waals surface area contributed by atoms with Gasteiger partial charge in [-0.05, 0) is 12.1 Å². The number of carbonyl (C=O) groups excluding carboxylic acids is 1. The average Bonchev–Trinajstić information content (AvgIpc) is 2.81. The highest BCUT2D eigenvalue weighted by atomic mass is 32.2. The fourth-order valence-electron chi connectivity index (χ4n) is 1.10. The van der Waals surface area contributed by atoms with Crippen molar-refractivity contribution in [2.45, 2.75) is 4.90 Å². The Bertz CT molecular complexity index is 443. The van der Waals surface area contributed by atoms with Gasteiger partial charge >= 0.3 is 0 Å². The summed E-state index contributed by atoms with van der Waals surface area (Å²) < 4.78 is 0. The lowest BCUT2D eigenvalue weighted by atomic mass is 10.5. The van der Waals surface area contributed by atoms with E-state index in [-0.39, 0.29) is 5.91 Å². The van der Waals surface area contributed by atoms with Crippen LogP contribution in [-0.2, 0) is 4.79 Å². The third-order valence-corrected chi connectivity index (χ3v) is 2.81. The normalized spacial score (nSPS) is 10.0. The first-order valence-corrected chi connectivity index (χ1v) is 5.65. The van der Waals surface area contributed by atoms with Crippen LogP contribution in [0.1, 0.15) is 0 Å². The summed E-state index contributed by atoms with van der Waals surface area (Å²) in [5.74, 6) is 0.912. The molecule has 5 nitrogen and oxygen atoms in total. The fraction of sp³-hybridized carbons (Fsp3) is 0.100. The molecule has 0 aliphatic rings. The molecule has 0 atom stereocenters. The van der Waals surface area contributed by atoms with Gasteiger partial charge in [-0.15, -0.1) is 11.8 Å². The molecular weight excluding hydrogens is 224 g/mol.